The molecule has 7 heteroatoms. The lowest BCUT2D eigenvalue weighted by molar-refractivity contribution is 0.0696. The first kappa shape index (κ1) is 16.3. The fraction of sp³-hybridized carbons (Fsp3) is 0.500. The lowest BCUT2D eigenvalue weighted by Gasteiger charge is -2.23. The van der Waals surface area contributed by atoms with Gasteiger partial charge in [-0.25, -0.2) is 8.42 Å². The van der Waals surface area contributed by atoms with Crippen LogP contribution in [0.4, 0.5) is 0 Å². The molecule has 5 nitrogen and oxygen atoms in total. The van der Waals surface area contributed by atoms with Gasteiger partial charge in [0.2, 0.25) is 0 Å². The molecule has 1 saturated heterocycles. The van der Waals surface area contributed by atoms with Crippen LogP contribution in [0.5, 0.6) is 0 Å². The van der Waals surface area contributed by atoms with Crippen molar-refractivity contribution >= 4 is 25.6 Å². The summed E-state index contributed by atoms with van der Waals surface area (Å²) in [6.45, 7) is 3.17. The van der Waals surface area contributed by atoms with Crippen molar-refractivity contribution in [1.29, 1.82) is 0 Å². The van der Waals surface area contributed by atoms with Crippen molar-refractivity contribution in [2.45, 2.75) is 37.1 Å². The number of carbonyl (C=O) groups is 1. The predicted octanol–water partition coefficient (Wildman–Crippen LogP) is 2.09. The lowest BCUT2D eigenvalue weighted by Crippen LogP contribution is -2.39. The zero-order valence-electron chi connectivity index (χ0n) is 11.8. The maximum Gasteiger partial charge on any atom is 0.261 e. The lowest BCUT2D eigenvalue weighted by atomic mass is 10.0. The molecule has 0 bridgehead atoms. The molecule has 1 aromatic carbocycles. The molecule has 21 heavy (non-hydrogen) atoms. The molecule has 1 aliphatic rings. The average molecular weight is 332 g/mol. The van der Waals surface area contributed by atoms with Crippen LogP contribution >= 0.6 is 10.7 Å². The quantitative estimate of drug-likeness (QED) is 0.857. The van der Waals surface area contributed by atoms with Crippen LogP contribution in [0.2, 0.25) is 0 Å². The second kappa shape index (κ2) is 6.77. The molecule has 1 aromatic rings. The third kappa shape index (κ3) is 4.18. The van der Waals surface area contributed by atoms with Gasteiger partial charge in [-0.2, -0.15) is 0 Å². The number of amides is 1. The van der Waals surface area contributed by atoms with Gasteiger partial charge in [0, 0.05) is 35.5 Å². The Hall–Kier alpha value is -1.11. The fourth-order valence-electron chi connectivity index (χ4n) is 2.33. The minimum atomic E-state index is -3.84. The first-order valence-electron chi connectivity index (χ1n) is 6.88. The summed E-state index contributed by atoms with van der Waals surface area (Å²) in [6.07, 6.45) is 2.17. The second-order valence-electron chi connectivity index (χ2n) is 4.97. The Bertz CT molecular complexity index is 624. The van der Waals surface area contributed by atoms with Crippen LogP contribution in [0, 0.1) is 0 Å². The molecular formula is C14H18ClNO4S. The van der Waals surface area contributed by atoms with Gasteiger partial charge in [-0.3, -0.25) is 4.79 Å². The van der Waals surface area contributed by atoms with E-state index < -0.39 is 9.05 Å². The summed E-state index contributed by atoms with van der Waals surface area (Å²) in [5.41, 5.74) is 1.16. The Morgan fingerprint density at radius 3 is 2.62 bits per heavy atom. The number of hydrogen-bond acceptors (Lipinski definition) is 4. The van der Waals surface area contributed by atoms with E-state index in [2.05, 4.69) is 5.32 Å². The summed E-state index contributed by atoms with van der Waals surface area (Å²) in [5.74, 6) is -0.263. The summed E-state index contributed by atoms with van der Waals surface area (Å²) in [4.78, 5) is 12.3. The van der Waals surface area contributed by atoms with E-state index in [0.717, 1.165) is 18.4 Å². The number of ether oxygens (including phenoxy) is 1. The highest BCUT2D eigenvalue weighted by molar-refractivity contribution is 8.13. The molecule has 1 heterocycles. The smallest absolute Gasteiger partial charge is 0.261 e. The number of benzene rings is 1. The summed E-state index contributed by atoms with van der Waals surface area (Å²) in [7, 11) is 1.50. The minimum absolute atomic E-state index is 0.0569. The molecule has 1 aliphatic heterocycles. The van der Waals surface area contributed by atoms with Gasteiger partial charge in [-0.05, 0) is 37.0 Å². The number of hydrogen-bond donors (Lipinski definition) is 1. The van der Waals surface area contributed by atoms with Crippen molar-refractivity contribution in [3.05, 3.63) is 29.3 Å². The molecule has 0 aliphatic carbocycles. The molecule has 0 unspecified atom stereocenters. The highest BCUT2D eigenvalue weighted by Gasteiger charge is 2.20. The summed E-state index contributed by atoms with van der Waals surface area (Å²) in [5, 5.41) is 2.93. The highest BCUT2D eigenvalue weighted by atomic mass is 35.7. The van der Waals surface area contributed by atoms with Crippen LogP contribution < -0.4 is 5.32 Å². The van der Waals surface area contributed by atoms with Gasteiger partial charge in [0.25, 0.3) is 15.0 Å². The second-order valence-corrected chi connectivity index (χ2v) is 7.54. The Morgan fingerprint density at radius 1 is 1.38 bits per heavy atom. The molecule has 0 saturated carbocycles. The van der Waals surface area contributed by atoms with Crippen LogP contribution in [0.3, 0.4) is 0 Å². The van der Waals surface area contributed by atoms with Crippen LogP contribution in [0.15, 0.2) is 23.1 Å². The molecular weight excluding hydrogens is 314 g/mol. The number of carbonyl (C=O) groups excluding carboxylic acids is 1. The monoisotopic (exact) mass is 331 g/mol. The van der Waals surface area contributed by atoms with Gasteiger partial charge in [0.1, 0.15) is 0 Å². The Labute approximate surface area is 129 Å². The molecule has 1 amide bonds. The normalized spacial score (nSPS) is 16.7. The molecule has 1 N–H and O–H groups in total. The number of halogens is 1. The molecule has 0 atom stereocenters. The largest absolute Gasteiger partial charge is 0.381 e. The van der Waals surface area contributed by atoms with Crippen molar-refractivity contribution in [2.24, 2.45) is 0 Å². The van der Waals surface area contributed by atoms with Crippen LogP contribution in [-0.4, -0.2) is 33.6 Å². The first-order chi connectivity index (χ1) is 9.91. The van der Waals surface area contributed by atoms with Crippen molar-refractivity contribution in [1.82, 2.24) is 5.32 Å². The predicted molar refractivity (Wildman–Crippen MR) is 80.2 cm³/mol. The van der Waals surface area contributed by atoms with Crippen LogP contribution in [0.25, 0.3) is 0 Å². The minimum Gasteiger partial charge on any atom is -0.381 e. The topological polar surface area (TPSA) is 72.5 Å². The Morgan fingerprint density at radius 2 is 2.05 bits per heavy atom. The SMILES string of the molecule is CCc1ccc(S(=O)(=O)Cl)cc1C(=O)NC1CCOCC1. The highest BCUT2D eigenvalue weighted by Crippen LogP contribution is 2.20. The van der Waals surface area contributed by atoms with Crippen molar-refractivity contribution in [2.75, 3.05) is 13.2 Å². The third-order valence-corrected chi connectivity index (χ3v) is 4.90. The van der Waals surface area contributed by atoms with E-state index in [0.29, 0.717) is 25.2 Å². The van der Waals surface area contributed by atoms with Crippen LogP contribution in [0.1, 0.15) is 35.7 Å². The van der Waals surface area contributed by atoms with Crippen LogP contribution in [-0.2, 0) is 20.2 Å². The Balaban J connectivity index is 2.25. The summed E-state index contributed by atoms with van der Waals surface area (Å²) < 4.78 is 28.1. The fourth-order valence-corrected chi connectivity index (χ4v) is 3.11. The Kier molecular flexibility index (Phi) is 5.24. The van der Waals surface area contributed by atoms with Gasteiger partial charge in [-0.15, -0.1) is 0 Å². The first-order valence-corrected chi connectivity index (χ1v) is 9.19. The number of aryl methyl sites for hydroxylation is 1. The van der Waals surface area contributed by atoms with E-state index in [9.17, 15) is 13.2 Å². The average Bonchev–Trinajstić information content (AvgIpc) is 2.46. The molecule has 0 aromatic heterocycles. The standard InChI is InChI=1S/C14H18ClNO4S/c1-2-10-3-4-12(21(15,18)19)9-13(10)14(17)16-11-5-7-20-8-6-11/h3-4,9,11H,2,5-8H2,1H3,(H,16,17). The van der Waals surface area contributed by atoms with Crippen molar-refractivity contribution in [3.8, 4) is 0 Å². The van der Waals surface area contributed by atoms with E-state index in [1.165, 1.54) is 12.1 Å². The third-order valence-electron chi connectivity index (χ3n) is 3.54. The molecule has 116 valence electrons. The van der Waals surface area contributed by atoms with E-state index in [4.69, 9.17) is 15.4 Å². The number of rotatable bonds is 4. The van der Waals surface area contributed by atoms with E-state index in [1.54, 1.807) is 6.07 Å². The molecule has 1 fully saturated rings. The molecule has 0 radical (unpaired) electrons. The molecule has 0 spiro atoms. The van der Waals surface area contributed by atoms with Gasteiger partial charge in [0.05, 0.1) is 4.90 Å². The molecule has 2 rings (SSSR count). The van der Waals surface area contributed by atoms with Gasteiger partial charge >= 0.3 is 0 Å². The van der Waals surface area contributed by atoms with Gasteiger partial charge in [-0.1, -0.05) is 13.0 Å². The summed E-state index contributed by atoms with van der Waals surface area (Å²) >= 11 is 0. The number of nitrogens with one attached hydrogen (secondary N) is 1. The van der Waals surface area contributed by atoms with E-state index in [1.807, 2.05) is 6.92 Å². The van der Waals surface area contributed by atoms with E-state index >= 15 is 0 Å². The zero-order valence-corrected chi connectivity index (χ0v) is 13.3. The maximum atomic E-state index is 12.4. The van der Waals surface area contributed by atoms with E-state index in [-0.39, 0.29) is 16.8 Å². The van der Waals surface area contributed by atoms with Crippen molar-refractivity contribution in [3.63, 3.8) is 0 Å². The van der Waals surface area contributed by atoms with Crippen molar-refractivity contribution < 1.29 is 17.9 Å². The van der Waals surface area contributed by atoms with Gasteiger partial charge < -0.3 is 10.1 Å². The maximum absolute atomic E-state index is 12.4. The summed E-state index contributed by atoms with van der Waals surface area (Å²) in [6, 6.07) is 4.46. The zero-order chi connectivity index (χ0) is 15.5. The van der Waals surface area contributed by atoms with Gasteiger partial charge in [0.15, 0.2) is 0 Å².